The molecule has 1 unspecified atom stereocenters. The number of carbonyl (C=O) groups is 2. The Bertz CT molecular complexity index is 774. The third-order valence-corrected chi connectivity index (χ3v) is 4.08. The van der Waals surface area contributed by atoms with Crippen LogP contribution in [0.5, 0.6) is 5.75 Å². The van der Waals surface area contributed by atoms with Crippen LogP contribution in [0.25, 0.3) is 11.3 Å². The largest absolute Gasteiger partial charge is 0.496 e. The number of carboxylic acid groups (broad SMARTS) is 1. The number of oxazole rings is 1. The van der Waals surface area contributed by atoms with Crippen molar-refractivity contribution in [2.45, 2.75) is 33.2 Å². The van der Waals surface area contributed by atoms with Gasteiger partial charge in [-0.1, -0.05) is 13.8 Å². The van der Waals surface area contributed by atoms with Gasteiger partial charge in [-0.2, -0.15) is 0 Å². The number of benzene rings is 1. The maximum absolute atomic E-state index is 13.0. The molecule has 0 aliphatic heterocycles. The molecule has 1 heterocycles. The molecule has 0 aliphatic carbocycles. The third kappa shape index (κ3) is 4.99. The monoisotopic (exact) mass is 375 g/mol. The van der Waals surface area contributed by atoms with Crippen molar-refractivity contribution in [1.82, 2.24) is 10.3 Å². The molecule has 146 valence electrons. The van der Waals surface area contributed by atoms with E-state index in [4.69, 9.17) is 14.3 Å². The lowest BCUT2D eigenvalue weighted by Crippen LogP contribution is -2.49. The van der Waals surface area contributed by atoms with Crippen molar-refractivity contribution in [1.29, 1.82) is 0 Å². The standard InChI is InChI=1S/C19H25N3O5/c1-5-22(18(23)15(8-12(2)3)21-19(24)25)13-6-7-14(16(9-13)26-4)17-10-20-11-27-17/h6-7,9-12,15,21H,5,8H2,1-4H3,(H,24,25). The van der Waals surface area contributed by atoms with Gasteiger partial charge >= 0.3 is 6.09 Å². The Kier molecular flexibility index (Phi) is 6.81. The molecule has 0 fully saturated rings. The number of likely N-dealkylation sites (N-methyl/N-ethyl adjacent to an activating group) is 1. The molecule has 2 amide bonds. The van der Waals surface area contributed by atoms with Crippen molar-refractivity contribution >= 4 is 17.7 Å². The van der Waals surface area contributed by atoms with E-state index in [9.17, 15) is 9.59 Å². The molecule has 1 atom stereocenters. The minimum absolute atomic E-state index is 0.160. The van der Waals surface area contributed by atoms with Crippen LogP contribution in [-0.4, -0.2) is 41.8 Å². The van der Waals surface area contributed by atoms with Crippen LogP contribution in [0.15, 0.2) is 35.2 Å². The number of nitrogens with zero attached hydrogens (tertiary/aromatic N) is 2. The van der Waals surface area contributed by atoms with Crippen LogP contribution in [0.3, 0.4) is 0 Å². The number of rotatable bonds is 8. The maximum Gasteiger partial charge on any atom is 0.405 e. The van der Waals surface area contributed by atoms with Crippen LogP contribution in [-0.2, 0) is 4.79 Å². The molecule has 0 bridgehead atoms. The molecule has 0 radical (unpaired) electrons. The Hall–Kier alpha value is -3.03. The first kappa shape index (κ1) is 20.3. The summed E-state index contributed by atoms with van der Waals surface area (Å²) in [5.74, 6) is 0.941. The zero-order chi connectivity index (χ0) is 20.0. The Morgan fingerprint density at radius 1 is 1.37 bits per heavy atom. The highest BCUT2D eigenvalue weighted by Crippen LogP contribution is 2.33. The summed E-state index contributed by atoms with van der Waals surface area (Å²) in [6.07, 6.45) is 2.10. The topological polar surface area (TPSA) is 105 Å². The van der Waals surface area contributed by atoms with E-state index in [1.807, 2.05) is 20.8 Å². The summed E-state index contributed by atoms with van der Waals surface area (Å²) in [4.78, 5) is 29.5. The van der Waals surface area contributed by atoms with Gasteiger partial charge in [-0.15, -0.1) is 0 Å². The highest BCUT2D eigenvalue weighted by molar-refractivity contribution is 5.99. The molecule has 0 spiro atoms. The summed E-state index contributed by atoms with van der Waals surface area (Å²) in [6.45, 7) is 6.10. The van der Waals surface area contributed by atoms with Gasteiger partial charge in [0.25, 0.3) is 0 Å². The molecule has 27 heavy (non-hydrogen) atoms. The molecular weight excluding hydrogens is 350 g/mol. The second-order valence-electron chi connectivity index (χ2n) is 6.46. The lowest BCUT2D eigenvalue weighted by Gasteiger charge is -2.27. The number of ether oxygens (including phenoxy) is 1. The molecule has 1 aromatic heterocycles. The van der Waals surface area contributed by atoms with Gasteiger partial charge in [-0.25, -0.2) is 9.78 Å². The number of hydrogen-bond acceptors (Lipinski definition) is 5. The van der Waals surface area contributed by atoms with Crippen molar-refractivity contribution in [3.05, 3.63) is 30.8 Å². The molecule has 0 aliphatic rings. The second-order valence-corrected chi connectivity index (χ2v) is 6.46. The minimum Gasteiger partial charge on any atom is -0.496 e. The number of hydrogen-bond donors (Lipinski definition) is 2. The quantitative estimate of drug-likeness (QED) is 0.733. The second kappa shape index (κ2) is 9.07. The average Bonchev–Trinajstić information content (AvgIpc) is 3.15. The fraction of sp³-hybridized carbons (Fsp3) is 0.421. The summed E-state index contributed by atoms with van der Waals surface area (Å²) in [5, 5.41) is 11.4. The summed E-state index contributed by atoms with van der Waals surface area (Å²) in [5.41, 5.74) is 1.33. The van der Waals surface area contributed by atoms with Crippen LogP contribution >= 0.6 is 0 Å². The van der Waals surface area contributed by atoms with E-state index in [2.05, 4.69) is 10.3 Å². The molecule has 1 aromatic carbocycles. The van der Waals surface area contributed by atoms with Crippen LogP contribution in [0.4, 0.5) is 10.5 Å². The summed E-state index contributed by atoms with van der Waals surface area (Å²) < 4.78 is 10.8. The van der Waals surface area contributed by atoms with Crippen molar-refractivity contribution in [2.24, 2.45) is 5.92 Å². The van der Waals surface area contributed by atoms with Gasteiger partial charge in [0.05, 0.1) is 18.9 Å². The van der Waals surface area contributed by atoms with Crippen molar-refractivity contribution < 1.29 is 23.8 Å². The normalized spacial score (nSPS) is 11.9. The smallest absolute Gasteiger partial charge is 0.405 e. The highest BCUT2D eigenvalue weighted by atomic mass is 16.5. The van der Waals surface area contributed by atoms with Gasteiger partial charge in [0.15, 0.2) is 12.2 Å². The average molecular weight is 375 g/mol. The molecule has 2 N–H and O–H groups in total. The van der Waals surface area contributed by atoms with E-state index in [-0.39, 0.29) is 11.8 Å². The molecule has 2 aromatic rings. The molecule has 0 saturated heterocycles. The van der Waals surface area contributed by atoms with E-state index < -0.39 is 12.1 Å². The molecule has 8 nitrogen and oxygen atoms in total. The van der Waals surface area contributed by atoms with Gasteiger partial charge in [-0.3, -0.25) is 4.79 Å². The number of methoxy groups -OCH3 is 1. The number of carbonyl (C=O) groups excluding carboxylic acids is 1. The number of amides is 2. The molecule has 2 rings (SSSR count). The Morgan fingerprint density at radius 2 is 2.11 bits per heavy atom. The summed E-state index contributed by atoms with van der Waals surface area (Å²) >= 11 is 0. The van der Waals surface area contributed by atoms with Gasteiger partial charge in [-0.05, 0) is 31.4 Å². The lowest BCUT2D eigenvalue weighted by atomic mass is 10.0. The first-order valence-electron chi connectivity index (χ1n) is 8.75. The van der Waals surface area contributed by atoms with Crippen LogP contribution in [0.2, 0.25) is 0 Å². The first-order chi connectivity index (χ1) is 12.9. The van der Waals surface area contributed by atoms with Gasteiger partial charge in [0.2, 0.25) is 5.91 Å². The molecular formula is C19H25N3O5. The van der Waals surface area contributed by atoms with Crippen molar-refractivity contribution in [3.8, 4) is 17.1 Å². The Labute approximate surface area is 158 Å². The highest BCUT2D eigenvalue weighted by Gasteiger charge is 2.27. The van der Waals surface area contributed by atoms with E-state index >= 15 is 0 Å². The number of nitrogens with one attached hydrogen (secondary N) is 1. The van der Waals surface area contributed by atoms with Crippen molar-refractivity contribution in [3.63, 3.8) is 0 Å². The Morgan fingerprint density at radius 3 is 2.63 bits per heavy atom. The summed E-state index contributed by atoms with van der Waals surface area (Å²) in [6, 6.07) is 4.47. The minimum atomic E-state index is -1.22. The van der Waals surface area contributed by atoms with Crippen LogP contribution in [0.1, 0.15) is 27.2 Å². The SMILES string of the molecule is CCN(C(=O)C(CC(C)C)NC(=O)O)c1ccc(-c2cnco2)c(OC)c1. The summed E-state index contributed by atoms with van der Waals surface area (Å²) in [7, 11) is 1.53. The number of anilines is 1. The zero-order valence-corrected chi connectivity index (χ0v) is 15.9. The van der Waals surface area contributed by atoms with E-state index in [1.165, 1.54) is 18.4 Å². The predicted octanol–water partition coefficient (Wildman–Crippen LogP) is 3.39. The number of aromatic nitrogens is 1. The first-order valence-corrected chi connectivity index (χ1v) is 8.75. The van der Waals surface area contributed by atoms with Gasteiger partial charge in [0, 0.05) is 18.3 Å². The zero-order valence-electron chi connectivity index (χ0n) is 15.9. The van der Waals surface area contributed by atoms with Gasteiger partial charge < -0.3 is 24.5 Å². The van der Waals surface area contributed by atoms with Crippen LogP contribution < -0.4 is 15.0 Å². The Balaban J connectivity index is 2.34. The fourth-order valence-electron chi connectivity index (χ4n) is 2.90. The van der Waals surface area contributed by atoms with Crippen molar-refractivity contribution in [2.75, 3.05) is 18.6 Å². The van der Waals surface area contributed by atoms with E-state index in [0.717, 1.165) is 0 Å². The van der Waals surface area contributed by atoms with E-state index in [1.54, 1.807) is 24.4 Å². The molecule has 0 saturated carbocycles. The van der Waals surface area contributed by atoms with Gasteiger partial charge in [0.1, 0.15) is 11.8 Å². The molecule has 8 heteroatoms. The third-order valence-electron chi connectivity index (χ3n) is 4.08. The van der Waals surface area contributed by atoms with E-state index in [0.29, 0.717) is 35.7 Å². The predicted molar refractivity (Wildman–Crippen MR) is 101 cm³/mol. The lowest BCUT2D eigenvalue weighted by molar-refractivity contribution is -0.120. The fourth-order valence-corrected chi connectivity index (χ4v) is 2.90. The van der Waals surface area contributed by atoms with Crippen LogP contribution in [0, 0.1) is 5.92 Å². The maximum atomic E-state index is 13.0.